The summed E-state index contributed by atoms with van der Waals surface area (Å²) in [6.45, 7) is 9.76. The zero-order chi connectivity index (χ0) is 61.7. The number of aromatic nitrogens is 5. The number of aryl methyl sites for hydroxylation is 5. The van der Waals surface area contributed by atoms with Gasteiger partial charge in [0, 0.05) is 136 Å². The summed E-state index contributed by atoms with van der Waals surface area (Å²) in [5, 5.41) is 11.7. The molecule has 0 amide bonds. The Morgan fingerprint density at radius 3 is 1.27 bits per heavy atom. The summed E-state index contributed by atoms with van der Waals surface area (Å²) in [6, 6.07) is 73.2. The predicted molar refractivity (Wildman–Crippen MR) is 334 cm³/mol. The van der Waals surface area contributed by atoms with Gasteiger partial charge in [-0.05, 0) is 101 Å². The molecular weight excluding hydrogens is 2060 g/mol. The summed E-state index contributed by atoms with van der Waals surface area (Å²) in [6.07, 6.45) is 4.23. The third-order valence-electron chi connectivity index (χ3n) is 13.6. The van der Waals surface area contributed by atoms with Gasteiger partial charge in [-0.25, -0.2) is 8.78 Å². The van der Waals surface area contributed by atoms with Crippen molar-refractivity contribution < 1.29 is 127 Å². The van der Waals surface area contributed by atoms with Crippen LogP contribution in [0, 0.1) is 59.1 Å². The van der Waals surface area contributed by atoms with Crippen molar-refractivity contribution in [3.8, 4) is 62.4 Å². The van der Waals surface area contributed by atoms with Crippen molar-refractivity contribution in [2.45, 2.75) is 72.9 Å². The van der Waals surface area contributed by atoms with E-state index in [0.717, 1.165) is 69.7 Å². The fourth-order valence-electron chi connectivity index (χ4n) is 9.12. The Kier molecular flexibility index (Phi) is 34.2. The van der Waals surface area contributed by atoms with E-state index in [4.69, 9.17) is 5.26 Å². The molecule has 5 aromatic heterocycles. The van der Waals surface area contributed by atoms with Crippen molar-refractivity contribution in [2.24, 2.45) is 0 Å². The van der Waals surface area contributed by atoms with E-state index in [0.29, 0.717) is 80.5 Å². The average molecular weight is 2120 g/mol. The number of hydrogen-bond acceptors (Lipinski definition) is 6. The van der Waals surface area contributed by atoms with Gasteiger partial charge in [0.25, 0.3) is 0 Å². The molecule has 6 nitrogen and oxygen atoms in total. The number of alkyl halides is 3. The van der Waals surface area contributed by atoms with Gasteiger partial charge in [-0.3, -0.25) is 14.4 Å². The molecule has 12 aromatic rings. The number of hydrogen-bond donors (Lipinski definition) is 0. The first-order valence-electron chi connectivity index (χ1n) is 28.4. The number of nitriles is 1. The van der Waals surface area contributed by atoms with Crippen LogP contribution >= 0.6 is 0 Å². The minimum Gasteiger partial charge on any atom is -0.305 e. The molecular formula is C75H59F6Ir5N6-5. The molecule has 0 saturated heterocycles. The van der Waals surface area contributed by atoms with Crippen LogP contribution in [0.2, 0.25) is 0 Å². The molecule has 5 radical (unpaired) electrons. The first kappa shape index (κ1) is 79.4. The number of pyridine rings is 5. The number of benzene rings is 7. The van der Waals surface area contributed by atoms with E-state index in [1.807, 2.05) is 129 Å². The second-order valence-corrected chi connectivity index (χ2v) is 19.5. The van der Waals surface area contributed by atoms with Gasteiger partial charge in [-0.2, -0.15) is 18.4 Å². The Balaban J connectivity index is 0.000000298. The van der Waals surface area contributed by atoms with E-state index < -0.39 is 11.7 Å². The van der Waals surface area contributed by atoms with Gasteiger partial charge in [0.05, 0.1) is 17.5 Å². The van der Waals surface area contributed by atoms with Crippen LogP contribution < -0.4 is 0 Å². The Morgan fingerprint density at radius 1 is 0.413 bits per heavy atom. The average Bonchev–Trinajstić information content (AvgIpc) is 1.74. The van der Waals surface area contributed by atoms with E-state index in [1.165, 1.54) is 17.7 Å². The Morgan fingerprint density at radius 2 is 0.848 bits per heavy atom. The van der Waals surface area contributed by atoms with Crippen LogP contribution in [0.3, 0.4) is 0 Å². The monoisotopic (exact) mass is 2120 g/mol. The second-order valence-electron chi connectivity index (χ2n) is 19.5. The molecule has 0 aliphatic rings. The summed E-state index contributed by atoms with van der Waals surface area (Å²) in [5.74, 6) is -0.845. The smallest absolute Gasteiger partial charge is 0.305 e. The van der Waals surface area contributed by atoms with Gasteiger partial charge in [-0.15, -0.1) is 160 Å². The molecule has 92 heavy (non-hydrogen) atoms. The third-order valence-corrected chi connectivity index (χ3v) is 13.6. The van der Waals surface area contributed by atoms with Crippen molar-refractivity contribution in [2.75, 3.05) is 0 Å². The molecule has 0 unspecified atom stereocenters. The summed E-state index contributed by atoms with van der Waals surface area (Å²) >= 11 is 0. The number of rotatable bonds is 10. The van der Waals surface area contributed by atoms with Gasteiger partial charge < -0.3 is 15.0 Å². The SMILES string of the molecule is CCc1[c-]c(-c2ccccn2)cc(C#N)c1.CCc1[c-]c(-c2ccccn2)cc(C(F)(F)F)c1.CCc1[c-]c(-c2ccccn2)ccc1.CCc1nc(-c2[c-]cc(F)cc2)c2ccccc2c1F.CCc1nc(-c2[c-]cccc2)c2ccccc2c1F.[Ir].[Ir].[Ir].[Ir].[Ir]. The predicted octanol–water partition coefficient (Wildman–Crippen LogP) is 19.2. The quantitative estimate of drug-likeness (QED) is 0.100. The summed E-state index contributed by atoms with van der Waals surface area (Å²) in [5.41, 5.74) is 11.4. The molecule has 12 rings (SSSR count). The van der Waals surface area contributed by atoms with E-state index in [9.17, 15) is 26.3 Å². The Bertz CT molecular complexity index is 4240. The minimum atomic E-state index is -4.34. The summed E-state index contributed by atoms with van der Waals surface area (Å²) < 4.78 is 79.9. The normalized spacial score (nSPS) is 10.1. The molecule has 0 aliphatic heterocycles. The van der Waals surface area contributed by atoms with Gasteiger partial charge >= 0.3 is 6.18 Å². The van der Waals surface area contributed by atoms with Crippen molar-refractivity contribution in [3.05, 3.63) is 294 Å². The second kappa shape index (κ2) is 39.6. The van der Waals surface area contributed by atoms with Crippen LogP contribution in [0.15, 0.2) is 207 Å². The minimum absolute atomic E-state index is 0. The number of halogens is 6. The van der Waals surface area contributed by atoms with Gasteiger partial charge in [-0.1, -0.05) is 120 Å². The molecule has 0 N–H and O–H groups in total. The fraction of sp³-hybridized carbons (Fsp3) is 0.147. The Labute approximate surface area is 602 Å². The molecule has 7 aromatic carbocycles. The van der Waals surface area contributed by atoms with Crippen LogP contribution in [0.25, 0.3) is 77.8 Å². The molecule has 481 valence electrons. The van der Waals surface area contributed by atoms with Crippen molar-refractivity contribution in [1.29, 1.82) is 5.26 Å². The van der Waals surface area contributed by atoms with E-state index in [2.05, 4.69) is 87.3 Å². The van der Waals surface area contributed by atoms with Gasteiger partial charge in [0.1, 0.15) is 0 Å². The van der Waals surface area contributed by atoms with E-state index >= 15 is 0 Å². The standard InChI is InChI=1S/C17H12F2N.C17H13FN.C14H11F3N.C14H11N2.C13H12N.5Ir/c1-2-15-16(19)13-5-3-4-6-14(13)17(20-15)11-7-9-12(18)10-8-11;1-2-15-16(18)13-10-6-7-11-14(13)17(19-15)12-8-4-3-5-9-12;1-2-10-7-11(13-5-3-4-6-18-13)9-12(8-10)14(15,16)17;1-2-11-7-12(10-15)9-13(8-11)14-5-3-4-6-16-14;1-2-11-6-5-7-12(10-11)13-8-3-4-9-14-13;;;;;/h3-7,9-10H,2H2,1H3;3-8,10-11H,2H2,1H3;3-6,8-9H,2H2,1H3;3-7,9H,2H2,1H3;3-9H,2H2,1H3;;;;;/q5*-1;;;;;. The fourth-order valence-corrected chi connectivity index (χ4v) is 9.12. The van der Waals surface area contributed by atoms with Gasteiger partial charge in [0.2, 0.25) is 0 Å². The molecule has 5 heterocycles. The molecule has 0 atom stereocenters. The third kappa shape index (κ3) is 21.6. The molecule has 0 saturated carbocycles. The van der Waals surface area contributed by atoms with Crippen molar-refractivity contribution >= 4 is 21.5 Å². The van der Waals surface area contributed by atoms with Crippen LogP contribution in [-0.4, -0.2) is 24.9 Å². The van der Waals surface area contributed by atoms with Crippen molar-refractivity contribution in [1.82, 2.24) is 24.9 Å². The zero-order valence-corrected chi connectivity index (χ0v) is 62.3. The van der Waals surface area contributed by atoms with Crippen LogP contribution in [-0.2, 0) is 139 Å². The number of fused-ring (bicyclic) bond motifs is 2. The van der Waals surface area contributed by atoms with Crippen molar-refractivity contribution in [3.63, 3.8) is 0 Å². The first-order valence-corrected chi connectivity index (χ1v) is 28.4. The molecule has 0 aliphatic carbocycles. The largest absolute Gasteiger partial charge is 0.399 e. The maximum absolute atomic E-state index is 14.3. The van der Waals surface area contributed by atoms with Crippen LogP contribution in [0.4, 0.5) is 26.3 Å². The van der Waals surface area contributed by atoms with E-state index in [1.54, 1.807) is 61.8 Å². The topological polar surface area (TPSA) is 88.2 Å². The molecule has 0 spiro atoms. The molecule has 17 heteroatoms. The van der Waals surface area contributed by atoms with Crippen LogP contribution in [0.1, 0.15) is 73.8 Å². The maximum Gasteiger partial charge on any atom is 0.399 e. The molecule has 0 bridgehead atoms. The summed E-state index contributed by atoms with van der Waals surface area (Å²) in [7, 11) is 0. The van der Waals surface area contributed by atoms with E-state index in [-0.39, 0.29) is 118 Å². The number of nitrogens with zero attached hydrogens (tertiary/aromatic N) is 6. The maximum atomic E-state index is 14.3. The van der Waals surface area contributed by atoms with Crippen LogP contribution in [0.5, 0.6) is 0 Å². The summed E-state index contributed by atoms with van der Waals surface area (Å²) in [4.78, 5) is 21.5. The zero-order valence-electron chi connectivity index (χ0n) is 50.3. The molecule has 0 fully saturated rings. The Hall–Kier alpha value is -6.87. The van der Waals surface area contributed by atoms with Gasteiger partial charge in [0.15, 0.2) is 11.6 Å². The first-order chi connectivity index (χ1) is 42.2.